The standard InChI is InChI=1S/C17H14O5/c1-21-13-4-2-3-10(6-13)5-11-9-22-15-8-12(18)7-14(19)16(15)17(11)20/h2-4,6-9,18-19H,5H2,1H3. The van der Waals surface area contributed by atoms with E-state index in [-0.39, 0.29) is 27.9 Å². The maximum atomic E-state index is 12.5. The number of phenols is 2. The number of benzene rings is 2. The largest absolute Gasteiger partial charge is 0.508 e. The predicted octanol–water partition coefficient (Wildman–Crippen LogP) is 2.80. The molecule has 0 aliphatic rings. The summed E-state index contributed by atoms with van der Waals surface area (Å²) in [4.78, 5) is 12.5. The van der Waals surface area contributed by atoms with E-state index in [1.807, 2.05) is 24.3 Å². The lowest BCUT2D eigenvalue weighted by atomic mass is 10.0. The number of phenolic OH excluding ortho intramolecular Hbond substituents is 2. The molecule has 1 heterocycles. The molecule has 0 unspecified atom stereocenters. The fraction of sp³-hybridized carbons (Fsp3) is 0.118. The number of rotatable bonds is 3. The molecule has 0 radical (unpaired) electrons. The van der Waals surface area contributed by atoms with Gasteiger partial charge in [0.05, 0.1) is 13.4 Å². The third-order valence-corrected chi connectivity index (χ3v) is 3.44. The van der Waals surface area contributed by atoms with Crippen molar-refractivity contribution in [2.75, 3.05) is 7.11 Å². The predicted molar refractivity (Wildman–Crippen MR) is 81.6 cm³/mol. The molecule has 3 rings (SSSR count). The highest BCUT2D eigenvalue weighted by Crippen LogP contribution is 2.28. The minimum atomic E-state index is -0.318. The molecule has 2 N–H and O–H groups in total. The maximum Gasteiger partial charge on any atom is 0.199 e. The van der Waals surface area contributed by atoms with Crippen molar-refractivity contribution in [1.82, 2.24) is 0 Å². The summed E-state index contributed by atoms with van der Waals surface area (Å²) in [6.07, 6.45) is 1.71. The molecule has 112 valence electrons. The molecule has 0 saturated carbocycles. The molecule has 0 spiro atoms. The molecule has 0 fully saturated rings. The minimum absolute atomic E-state index is 0.0678. The Bertz CT molecular complexity index is 895. The van der Waals surface area contributed by atoms with Crippen LogP contribution in [0.3, 0.4) is 0 Å². The maximum absolute atomic E-state index is 12.5. The fourth-order valence-electron chi connectivity index (χ4n) is 2.38. The van der Waals surface area contributed by atoms with Gasteiger partial charge in [0, 0.05) is 24.1 Å². The molecule has 3 aromatic rings. The lowest BCUT2D eigenvalue weighted by molar-refractivity contribution is 0.414. The first-order chi connectivity index (χ1) is 10.6. The van der Waals surface area contributed by atoms with Crippen LogP contribution in [0.4, 0.5) is 0 Å². The summed E-state index contributed by atoms with van der Waals surface area (Å²) in [7, 11) is 1.58. The number of hydrogen-bond donors (Lipinski definition) is 2. The molecule has 0 amide bonds. The van der Waals surface area contributed by atoms with Gasteiger partial charge in [-0.25, -0.2) is 0 Å². The summed E-state index contributed by atoms with van der Waals surface area (Å²) in [6.45, 7) is 0. The average Bonchev–Trinajstić information content (AvgIpc) is 2.49. The van der Waals surface area contributed by atoms with Gasteiger partial charge in [-0.2, -0.15) is 0 Å². The molecule has 0 bridgehead atoms. The van der Waals surface area contributed by atoms with Gasteiger partial charge >= 0.3 is 0 Å². The first kappa shape index (κ1) is 14.0. The fourth-order valence-corrected chi connectivity index (χ4v) is 2.38. The van der Waals surface area contributed by atoms with Gasteiger partial charge in [-0.15, -0.1) is 0 Å². The Morgan fingerprint density at radius 2 is 2.00 bits per heavy atom. The molecule has 0 aliphatic heterocycles. The number of ether oxygens (including phenoxy) is 1. The zero-order chi connectivity index (χ0) is 15.7. The third kappa shape index (κ3) is 2.48. The van der Waals surface area contributed by atoms with Crippen molar-refractivity contribution in [1.29, 1.82) is 0 Å². The van der Waals surface area contributed by atoms with E-state index < -0.39 is 0 Å². The highest BCUT2D eigenvalue weighted by Gasteiger charge is 2.13. The van der Waals surface area contributed by atoms with Gasteiger partial charge in [0.2, 0.25) is 0 Å². The van der Waals surface area contributed by atoms with Crippen molar-refractivity contribution >= 4 is 11.0 Å². The average molecular weight is 298 g/mol. The number of aromatic hydroxyl groups is 2. The van der Waals surface area contributed by atoms with E-state index in [1.165, 1.54) is 12.3 Å². The molecule has 0 saturated heterocycles. The van der Waals surface area contributed by atoms with Gasteiger partial charge in [0.1, 0.15) is 28.2 Å². The van der Waals surface area contributed by atoms with E-state index in [2.05, 4.69) is 0 Å². The Balaban J connectivity index is 2.08. The van der Waals surface area contributed by atoms with Crippen LogP contribution in [0.2, 0.25) is 0 Å². The Hall–Kier alpha value is -2.95. The number of methoxy groups -OCH3 is 1. The summed E-state index contributed by atoms with van der Waals surface area (Å²) in [5.74, 6) is 0.250. The molecule has 5 heteroatoms. The Labute approximate surface area is 126 Å². The van der Waals surface area contributed by atoms with Gasteiger partial charge in [-0.3, -0.25) is 4.79 Å². The summed E-state index contributed by atoms with van der Waals surface area (Å²) < 4.78 is 10.5. The van der Waals surface area contributed by atoms with Crippen LogP contribution in [0.5, 0.6) is 17.2 Å². The van der Waals surface area contributed by atoms with Gasteiger partial charge in [-0.1, -0.05) is 12.1 Å². The molecular weight excluding hydrogens is 284 g/mol. The van der Waals surface area contributed by atoms with Gasteiger partial charge in [-0.05, 0) is 17.7 Å². The van der Waals surface area contributed by atoms with Crippen LogP contribution < -0.4 is 10.2 Å². The Kier molecular flexibility index (Phi) is 3.47. The highest BCUT2D eigenvalue weighted by atomic mass is 16.5. The van der Waals surface area contributed by atoms with Crippen LogP contribution in [0, 0.1) is 0 Å². The summed E-state index contributed by atoms with van der Waals surface area (Å²) >= 11 is 0. The SMILES string of the molecule is COc1cccc(Cc2coc3cc(O)cc(O)c3c2=O)c1. The highest BCUT2D eigenvalue weighted by molar-refractivity contribution is 5.85. The molecular formula is C17H14O5. The van der Waals surface area contributed by atoms with Crippen LogP contribution in [0.15, 0.2) is 51.9 Å². The van der Waals surface area contributed by atoms with Crippen LogP contribution in [-0.4, -0.2) is 17.3 Å². The van der Waals surface area contributed by atoms with Crippen molar-refractivity contribution < 1.29 is 19.4 Å². The minimum Gasteiger partial charge on any atom is -0.508 e. The number of fused-ring (bicyclic) bond motifs is 1. The Morgan fingerprint density at radius 1 is 1.18 bits per heavy atom. The van der Waals surface area contributed by atoms with E-state index in [0.717, 1.165) is 11.6 Å². The van der Waals surface area contributed by atoms with Crippen molar-refractivity contribution in [3.8, 4) is 17.2 Å². The molecule has 22 heavy (non-hydrogen) atoms. The van der Waals surface area contributed by atoms with Crippen molar-refractivity contribution in [3.05, 3.63) is 64.0 Å². The van der Waals surface area contributed by atoms with Crippen LogP contribution in [-0.2, 0) is 6.42 Å². The second-order valence-electron chi connectivity index (χ2n) is 4.96. The van der Waals surface area contributed by atoms with Crippen molar-refractivity contribution in [3.63, 3.8) is 0 Å². The molecule has 0 aliphatic carbocycles. The Morgan fingerprint density at radius 3 is 2.77 bits per heavy atom. The van der Waals surface area contributed by atoms with Gasteiger partial charge in [0.15, 0.2) is 5.43 Å². The second-order valence-corrected chi connectivity index (χ2v) is 4.96. The van der Waals surface area contributed by atoms with Gasteiger partial charge < -0.3 is 19.4 Å². The zero-order valence-corrected chi connectivity index (χ0v) is 11.9. The quantitative estimate of drug-likeness (QED) is 0.777. The third-order valence-electron chi connectivity index (χ3n) is 3.44. The summed E-state index contributed by atoms with van der Waals surface area (Å²) in [6, 6.07) is 9.79. The van der Waals surface area contributed by atoms with Gasteiger partial charge in [0.25, 0.3) is 0 Å². The molecule has 2 aromatic carbocycles. The monoisotopic (exact) mass is 298 g/mol. The first-order valence-electron chi connectivity index (χ1n) is 6.68. The summed E-state index contributed by atoms with van der Waals surface area (Å²) in [5, 5.41) is 19.4. The topological polar surface area (TPSA) is 79.9 Å². The lowest BCUT2D eigenvalue weighted by Gasteiger charge is -2.06. The van der Waals surface area contributed by atoms with Crippen molar-refractivity contribution in [2.45, 2.75) is 6.42 Å². The van der Waals surface area contributed by atoms with Crippen LogP contribution in [0.25, 0.3) is 11.0 Å². The smallest absolute Gasteiger partial charge is 0.199 e. The zero-order valence-electron chi connectivity index (χ0n) is 11.9. The van der Waals surface area contributed by atoms with E-state index in [0.29, 0.717) is 17.7 Å². The van der Waals surface area contributed by atoms with E-state index in [1.54, 1.807) is 7.11 Å². The lowest BCUT2D eigenvalue weighted by Crippen LogP contribution is -2.09. The van der Waals surface area contributed by atoms with Crippen molar-refractivity contribution in [2.24, 2.45) is 0 Å². The molecule has 5 nitrogen and oxygen atoms in total. The first-order valence-corrected chi connectivity index (χ1v) is 6.68. The normalized spacial score (nSPS) is 10.8. The van der Waals surface area contributed by atoms with Crippen LogP contribution >= 0.6 is 0 Å². The number of hydrogen-bond acceptors (Lipinski definition) is 5. The van der Waals surface area contributed by atoms with E-state index in [9.17, 15) is 15.0 Å². The van der Waals surface area contributed by atoms with Crippen LogP contribution in [0.1, 0.15) is 11.1 Å². The second kappa shape index (κ2) is 5.44. The van der Waals surface area contributed by atoms with E-state index >= 15 is 0 Å². The van der Waals surface area contributed by atoms with E-state index in [4.69, 9.17) is 9.15 Å². The summed E-state index contributed by atoms with van der Waals surface area (Å²) in [5.41, 5.74) is 1.14. The molecule has 1 aromatic heterocycles. The molecule has 0 atom stereocenters.